The number of aromatic nitrogens is 2. The van der Waals surface area contributed by atoms with Crippen molar-refractivity contribution < 1.29 is 9.59 Å². The van der Waals surface area contributed by atoms with Crippen molar-refractivity contribution >= 4 is 33.8 Å². The molecule has 1 saturated heterocycles. The van der Waals surface area contributed by atoms with Crippen molar-refractivity contribution in [3.8, 4) is 11.3 Å². The van der Waals surface area contributed by atoms with Crippen LogP contribution < -0.4 is 5.32 Å². The minimum absolute atomic E-state index is 0.0730. The minimum Gasteiger partial charge on any atom is -0.339 e. The molecule has 0 radical (unpaired) electrons. The van der Waals surface area contributed by atoms with E-state index in [2.05, 4.69) is 10.3 Å². The van der Waals surface area contributed by atoms with E-state index < -0.39 is 0 Å². The lowest BCUT2D eigenvalue weighted by Crippen LogP contribution is -2.43. The summed E-state index contributed by atoms with van der Waals surface area (Å²) in [6.45, 7) is 2.69. The number of imidazole rings is 1. The molecule has 1 fully saturated rings. The van der Waals surface area contributed by atoms with Gasteiger partial charge in [-0.25, -0.2) is 4.98 Å². The van der Waals surface area contributed by atoms with Gasteiger partial charge in [-0.2, -0.15) is 0 Å². The quantitative estimate of drug-likeness (QED) is 0.730. The number of anilines is 1. The average Bonchev–Trinajstić information content (AvgIpc) is 3.24. The Bertz CT molecular complexity index is 931. The fourth-order valence-electron chi connectivity index (χ4n) is 3.47. The molecule has 6 nitrogen and oxygen atoms in total. The fourth-order valence-corrected chi connectivity index (χ4v) is 4.17. The van der Waals surface area contributed by atoms with Gasteiger partial charge in [-0.3, -0.25) is 14.0 Å². The number of hydrogen-bond donors (Lipinski definition) is 1. The Kier molecular flexibility index (Phi) is 4.94. The van der Waals surface area contributed by atoms with Crippen molar-refractivity contribution in [1.82, 2.24) is 14.3 Å². The maximum Gasteiger partial charge on any atom is 0.226 e. The SMILES string of the molecule is CC(CC(=O)Nc1ccc(-c2cn3ccsc3n2)cc1)N1CCCCC1=O. The lowest BCUT2D eigenvalue weighted by atomic mass is 10.1. The zero-order valence-electron chi connectivity index (χ0n) is 15.2. The topological polar surface area (TPSA) is 66.7 Å². The molecule has 1 aromatic carbocycles. The van der Waals surface area contributed by atoms with E-state index in [-0.39, 0.29) is 17.9 Å². The Morgan fingerprint density at radius 3 is 2.85 bits per heavy atom. The number of carbonyl (C=O) groups is 2. The molecule has 1 aliphatic rings. The second-order valence-electron chi connectivity index (χ2n) is 6.94. The van der Waals surface area contributed by atoms with E-state index in [0.717, 1.165) is 41.3 Å². The summed E-state index contributed by atoms with van der Waals surface area (Å²) in [6.07, 6.45) is 6.86. The van der Waals surface area contributed by atoms with Gasteiger partial charge in [-0.1, -0.05) is 12.1 Å². The van der Waals surface area contributed by atoms with E-state index in [0.29, 0.717) is 12.8 Å². The van der Waals surface area contributed by atoms with Crippen LogP contribution in [-0.4, -0.2) is 38.7 Å². The number of piperidine rings is 1. The summed E-state index contributed by atoms with van der Waals surface area (Å²) >= 11 is 1.60. The van der Waals surface area contributed by atoms with Crippen molar-refractivity contribution in [2.24, 2.45) is 0 Å². The second kappa shape index (κ2) is 7.52. The van der Waals surface area contributed by atoms with Gasteiger partial charge in [0, 0.05) is 54.5 Å². The third kappa shape index (κ3) is 3.88. The van der Waals surface area contributed by atoms with Crippen LogP contribution in [0.2, 0.25) is 0 Å². The number of likely N-dealkylation sites (tertiary alicyclic amines) is 1. The molecule has 4 rings (SSSR count). The van der Waals surface area contributed by atoms with Gasteiger partial charge in [0.05, 0.1) is 5.69 Å². The Balaban J connectivity index is 1.37. The summed E-state index contributed by atoms with van der Waals surface area (Å²) in [4.78, 5) is 31.7. The van der Waals surface area contributed by atoms with Crippen molar-refractivity contribution in [2.75, 3.05) is 11.9 Å². The maximum absolute atomic E-state index is 12.3. The molecule has 2 amide bonds. The van der Waals surface area contributed by atoms with E-state index >= 15 is 0 Å². The van der Waals surface area contributed by atoms with E-state index in [1.807, 2.05) is 58.3 Å². The van der Waals surface area contributed by atoms with Crippen LogP contribution in [0.1, 0.15) is 32.6 Å². The Morgan fingerprint density at radius 1 is 1.30 bits per heavy atom. The minimum atomic E-state index is -0.0736. The first-order chi connectivity index (χ1) is 13.1. The van der Waals surface area contributed by atoms with Gasteiger partial charge in [0.25, 0.3) is 0 Å². The summed E-state index contributed by atoms with van der Waals surface area (Å²) in [6, 6.07) is 7.61. The molecule has 2 aromatic heterocycles. The number of fused-ring (bicyclic) bond motifs is 1. The number of benzene rings is 1. The Morgan fingerprint density at radius 2 is 2.11 bits per heavy atom. The molecule has 7 heteroatoms. The van der Waals surface area contributed by atoms with Crippen LogP contribution in [0.5, 0.6) is 0 Å². The zero-order valence-corrected chi connectivity index (χ0v) is 16.0. The van der Waals surface area contributed by atoms with Crippen molar-refractivity contribution in [3.05, 3.63) is 42.0 Å². The second-order valence-corrected chi connectivity index (χ2v) is 7.81. The highest BCUT2D eigenvalue weighted by Gasteiger charge is 2.24. The van der Waals surface area contributed by atoms with Crippen molar-refractivity contribution in [2.45, 2.75) is 38.6 Å². The largest absolute Gasteiger partial charge is 0.339 e. The van der Waals surface area contributed by atoms with Gasteiger partial charge in [-0.05, 0) is 31.9 Å². The predicted octanol–water partition coefficient (Wildman–Crippen LogP) is 3.79. The molecule has 0 aliphatic carbocycles. The van der Waals surface area contributed by atoms with Crippen LogP contribution in [-0.2, 0) is 9.59 Å². The van der Waals surface area contributed by atoms with E-state index in [1.165, 1.54) is 0 Å². The first-order valence-electron chi connectivity index (χ1n) is 9.22. The van der Waals surface area contributed by atoms with Crippen LogP contribution in [0, 0.1) is 0 Å². The van der Waals surface area contributed by atoms with Crippen LogP contribution in [0.25, 0.3) is 16.2 Å². The number of nitrogens with one attached hydrogen (secondary N) is 1. The van der Waals surface area contributed by atoms with Gasteiger partial charge < -0.3 is 10.2 Å². The molecule has 3 heterocycles. The van der Waals surface area contributed by atoms with Gasteiger partial charge >= 0.3 is 0 Å². The van der Waals surface area contributed by atoms with Gasteiger partial charge in [0.15, 0.2) is 4.96 Å². The molecule has 0 spiro atoms. The van der Waals surface area contributed by atoms with Crippen LogP contribution in [0.3, 0.4) is 0 Å². The fraction of sp³-hybridized carbons (Fsp3) is 0.350. The molecule has 140 valence electrons. The molecule has 1 aliphatic heterocycles. The molecule has 1 unspecified atom stereocenters. The third-order valence-corrected chi connectivity index (χ3v) is 5.70. The number of hydrogen-bond acceptors (Lipinski definition) is 4. The van der Waals surface area contributed by atoms with Crippen LogP contribution in [0.15, 0.2) is 42.0 Å². The molecular weight excluding hydrogens is 360 g/mol. The molecule has 0 saturated carbocycles. The lowest BCUT2D eigenvalue weighted by molar-refractivity contribution is -0.136. The Labute approximate surface area is 161 Å². The monoisotopic (exact) mass is 382 g/mol. The Hall–Kier alpha value is -2.67. The summed E-state index contributed by atoms with van der Waals surface area (Å²) in [5, 5.41) is 4.93. The van der Waals surface area contributed by atoms with Crippen molar-refractivity contribution in [1.29, 1.82) is 0 Å². The normalized spacial score (nSPS) is 15.9. The molecule has 27 heavy (non-hydrogen) atoms. The molecular formula is C20H22N4O2S. The number of thiazole rings is 1. The molecule has 1 atom stereocenters. The zero-order chi connectivity index (χ0) is 18.8. The molecule has 3 aromatic rings. The van der Waals surface area contributed by atoms with E-state index in [4.69, 9.17) is 0 Å². The molecule has 1 N–H and O–H groups in total. The van der Waals surface area contributed by atoms with E-state index in [9.17, 15) is 9.59 Å². The maximum atomic E-state index is 12.3. The third-order valence-electron chi connectivity index (χ3n) is 4.93. The number of carbonyl (C=O) groups excluding carboxylic acids is 2. The summed E-state index contributed by atoms with van der Waals surface area (Å²) in [5.74, 6) is 0.0852. The molecule has 0 bridgehead atoms. The first-order valence-corrected chi connectivity index (χ1v) is 10.1. The smallest absolute Gasteiger partial charge is 0.226 e. The average molecular weight is 382 g/mol. The standard InChI is InChI=1S/C20H22N4O2S/c1-14(24-9-3-2-4-19(24)26)12-18(25)21-16-7-5-15(6-8-16)17-13-23-10-11-27-20(23)22-17/h5-8,10-11,13-14H,2-4,9,12H2,1H3,(H,21,25). The van der Waals surface area contributed by atoms with E-state index in [1.54, 1.807) is 11.3 Å². The number of rotatable bonds is 5. The highest BCUT2D eigenvalue weighted by molar-refractivity contribution is 7.15. The van der Waals surface area contributed by atoms with Crippen molar-refractivity contribution in [3.63, 3.8) is 0 Å². The highest BCUT2D eigenvalue weighted by atomic mass is 32.1. The summed E-state index contributed by atoms with van der Waals surface area (Å²) < 4.78 is 2.00. The van der Waals surface area contributed by atoms with Gasteiger partial charge in [-0.15, -0.1) is 11.3 Å². The van der Waals surface area contributed by atoms with Crippen LogP contribution in [0.4, 0.5) is 5.69 Å². The van der Waals surface area contributed by atoms with Gasteiger partial charge in [0.2, 0.25) is 11.8 Å². The first kappa shape index (κ1) is 17.7. The number of nitrogens with zero attached hydrogens (tertiary/aromatic N) is 3. The summed E-state index contributed by atoms with van der Waals surface area (Å²) in [5.41, 5.74) is 2.68. The highest BCUT2D eigenvalue weighted by Crippen LogP contribution is 2.23. The lowest BCUT2D eigenvalue weighted by Gasteiger charge is -2.32. The summed E-state index contributed by atoms with van der Waals surface area (Å²) in [7, 11) is 0. The van der Waals surface area contributed by atoms with Crippen LogP contribution >= 0.6 is 11.3 Å². The number of amides is 2. The van der Waals surface area contributed by atoms with Gasteiger partial charge in [0.1, 0.15) is 0 Å². The predicted molar refractivity (Wildman–Crippen MR) is 107 cm³/mol.